The largest absolute Gasteiger partial charge is 0.429 e. The lowest BCUT2D eigenvalue weighted by molar-refractivity contribution is -0.185. The van der Waals surface area contributed by atoms with Crippen LogP contribution in [0.3, 0.4) is 0 Å². The van der Waals surface area contributed by atoms with E-state index < -0.39 is 34.9 Å². The number of rotatable bonds is 10. The van der Waals surface area contributed by atoms with E-state index in [1.54, 1.807) is 24.3 Å². The second-order valence-corrected chi connectivity index (χ2v) is 10.5. The van der Waals surface area contributed by atoms with E-state index in [0.717, 1.165) is 49.1 Å². The molecule has 0 aliphatic rings. The minimum absolute atomic E-state index is 0.148. The quantitative estimate of drug-likeness (QED) is 0.119. The Morgan fingerprint density at radius 2 is 1.23 bits per heavy atom. The van der Waals surface area contributed by atoms with Crippen molar-refractivity contribution >= 4 is 0 Å². The first-order valence-electron chi connectivity index (χ1n) is 14.2. The van der Waals surface area contributed by atoms with Gasteiger partial charge in [0.05, 0.1) is 11.1 Å². The molecule has 0 fully saturated rings. The van der Waals surface area contributed by atoms with Crippen LogP contribution in [0.15, 0.2) is 103 Å². The average Bonchev–Trinajstić information content (AvgIpc) is 3.01. The number of halogens is 5. The predicted octanol–water partition coefficient (Wildman–Crippen LogP) is 10.8. The maximum absolute atomic E-state index is 15.2. The second kappa shape index (κ2) is 13.1. The molecule has 0 aromatic heterocycles. The Labute approximate surface area is 253 Å². The maximum Gasteiger partial charge on any atom is 0.426 e. The van der Waals surface area contributed by atoms with Gasteiger partial charge in [0.25, 0.3) is 0 Å². The van der Waals surface area contributed by atoms with Crippen LogP contribution in [0.5, 0.6) is 5.75 Å². The molecule has 2 nitrogen and oxygen atoms in total. The molecule has 0 spiro atoms. The average molecular weight is 598 g/mol. The summed E-state index contributed by atoms with van der Waals surface area (Å²) in [4.78, 5) is 0. The second-order valence-electron chi connectivity index (χ2n) is 10.5. The summed E-state index contributed by atoms with van der Waals surface area (Å²) in [5.41, 5.74) is 3.07. The zero-order valence-corrected chi connectivity index (χ0v) is 23.9. The van der Waals surface area contributed by atoms with Gasteiger partial charge in [0.2, 0.25) is 0 Å². The van der Waals surface area contributed by atoms with E-state index in [2.05, 4.69) is 23.8 Å². The van der Waals surface area contributed by atoms with Crippen molar-refractivity contribution in [1.82, 2.24) is 0 Å². The smallest absolute Gasteiger partial charge is 0.426 e. The Morgan fingerprint density at radius 1 is 0.636 bits per heavy atom. The van der Waals surface area contributed by atoms with Gasteiger partial charge in [-0.25, -0.2) is 13.2 Å². The van der Waals surface area contributed by atoms with Crippen molar-refractivity contribution in [3.8, 4) is 45.2 Å². The monoisotopic (exact) mass is 597 g/mol. The number of nitrogens with zero attached hydrogens (tertiary/aromatic N) is 1. The van der Waals surface area contributed by atoms with Crippen molar-refractivity contribution in [3.05, 3.63) is 137 Å². The third-order valence-corrected chi connectivity index (χ3v) is 7.44. The Kier molecular flexibility index (Phi) is 9.10. The van der Waals surface area contributed by atoms with Crippen molar-refractivity contribution in [2.24, 2.45) is 0 Å². The maximum atomic E-state index is 15.2. The van der Waals surface area contributed by atoms with E-state index in [4.69, 9.17) is 5.26 Å². The number of unbranched alkanes of at least 4 members (excludes halogenated alkanes) is 2. The molecule has 44 heavy (non-hydrogen) atoms. The molecule has 5 aromatic carbocycles. The van der Waals surface area contributed by atoms with Crippen LogP contribution in [-0.2, 0) is 12.5 Å². The fourth-order valence-electron chi connectivity index (χ4n) is 4.99. The number of ether oxygens (including phenoxy) is 1. The molecule has 0 radical (unpaired) electrons. The molecule has 0 atom stereocenters. The van der Waals surface area contributed by atoms with Gasteiger partial charge >= 0.3 is 6.11 Å². The van der Waals surface area contributed by atoms with Crippen LogP contribution in [0.4, 0.5) is 22.0 Å². The molecular weight excluding hydrogens is 569 g/mol. The molecule has 0 bridgehead atoms. The molecule has 0 amide bonds. The van der Waals surface area contributed by atoms with Gasteiger partial charge in [0.1, 0.15) is 29.3 Å². The van der Waals surface area contributed by atoms with Crippen molar-refractivity contribution < 1.29 is 26.7 Å². The standard InChI is InChI=1S/C37H28F5NO/c1-2-3-4-5-24-6-8-25(9-7-24)27-13-18-33(35(39)20-27)28-14-19-32(36(40)21-28)26-10-15-30(16-11-26)37(41,42)44-31-17-12-29(23-43)34(38)22-31/h6-22H,2-5H2,1H3. The van der Waals surface area contributed by atoms with E-state index in [-0.39, 0.29) is 16.7 Å². The lowest BCUT2D eigenvalue weighted by Crippen LogP contribution is -2.21. The fourth-order valence-corrected chi connectivity index (χ4v) is 4.99. The first-order chi connectivity index (χ1) is 21.2. The summed E-state index contributed by atoms with van der Waals surface area (Å²) in [5, 5.41) is 8.80. The highest BCUT2D eigenvalue weighted by Gasteiger charge is 2.34. The molecule has 0 N–H and O–H groups in total. The molecule has 7 heteroatoms. The van der Waals surface area contributed by atoms with Gasteiger partial charge in [0, 0.05) is 17.2 Å². The number of aryl methyl sites for hydroxylation is 1. The van der Waals surface area contributed by atoms with Crippen LogP contribution in [0, 0.1) is 28.8 Å². The Morgan fingerprint density at radius 3 is 1.84 bits per heavy atom. The van der Waals surface area contributed by atoms with Crippen molar-refractivity contribution in [3.63, 3.8) is 0 Å². The lowest BCUT2D eigenvalue weighted by Gasteiger charge is -2.19. The van der Waals surface area contributed by atoms with Crippen LogP contribution in [-0.4, -0.2) is 0 Å². The number of alkyl halides is 2. The normalized spacial score (nSPS) is 11.3. The zero-order chi connectivity index (χ0) is 31.3. The van der Waals surface area contributed by atoms with Crippen LogP contribution < -0.4 is 4.74 Å². The summed E-state index contributed by atoms with van der Waals surface area (Å²) in [6.07, 6.45) is 0.671. The molecule has 0 aliphatic heterocycles. The first-order valence-corrected chi connectivity index (χ1v) is 14.2. The van der Waals surface area contributed by atoms with E-state index in [9.17, 15) is 13.2 Å². The highest BCUT2D eigenvalue weighted by Crippen LogP contribution is 2.35. The summed E-state index contributed by atoms with van der Waals surface area (Å²) < 4.78 is 78.4. The molecule has 222 valence electrons. The molecule has 0 aliphatic carbocycles. The van der Waals surface area contributed by atoms with E-state index in [1.807, 2.05) is 12.1 Å². The Bertz CT molecular complexity index is 1810. The minimum atomic E-state index is -3.82. The molecule has 0 unspecified atom stereocenters. The van der Waals surface area contributed by atoms with E-state index >= 15 is 8.78 Å². The van der Waals surface area contributed by atoms with Crippen molar-refractivity contribution in [2.45, 2.75) is 38.7 Å². The SMILES string of the molecule is CCCCCc1ccc(-c2ccc(-c3ccc(-c4ccc(C(F)(F)Oc5ccc(C#N)c(F)c5)cc4)c(F)c3)c(F)c2)cc1. The highest BCUT2D eigenvalue weighted by molar-refractivity contribution is 5.74. The van der Waals surface area contributed by atoms with Gasteiger partial charge in [-0.15, -0.1) is 0 Å². The lowest BCUT2D eigenvalue weighted by atomic mass is 9.96. The molecule has 5 aromatic rings. The van der Waals surface area contributed by atoms with Crippen LogP contribution in [0.1, 0.15) is 42.9 Å². The van der Waals surface area contributed by atoms with Gasteiger partial charge in [-0.3, -0.25) is 0 Å². The summed E-state index contributed by atoms with van der Waals surface area (Å²) in [6, 6.07) is 26.4. The van der Waals surface area contributed by atoms with Gasteiger partial charge in [-0.2, -0.15) is 14.0 Å². The molecule has 0 heterocycles. The van der Waals surface area contributed by atoms with Crippen molar-refractivity contribution in [2.75, 3.05) is 0 Å². The summed E-state index contributed by atoms with van der Waals surface area (Å²) in [6.45, 7) is 2.17. The summed E-state index contributed by atoms with van der Waals surface area (Å²) >= 11 is 0. The third kappa shape index (κ3) is 6.81. The summed E-state index contributed by atoms with van der Waals surface area (Å²) in [5.74, 6) is -2.56. The number of nitriles is 1. The Balaban J connectivity index is 1.30. The summed E-state index contributed by atoms with van der Waals surface area (Å²) in [7, 11) is 0. The van der Waals surface area contributed by atoms with Gasteiger partial charge < -0.3 is 4.74 Å². The van der Waals surface area contributed by atoms with Gasteiger partial charge in [-0.05, 0) is 77.1 Å². The van der Waals surface area contributed by atoms with E-state index in [0.29, 0.717) is 22.8 Å². The number of hydrogen-bond donors (Lipinski definition) is 0. The third-order valence-electron chi connectivity index (χ3n) is 7.44. The van der Waals surface area contributed by atoms with Crippen LogP contribution in [0.25, 0.3) is 33.4 Å². The highest BCUT2D eigenvalue weighted by atomic mass is 19.3. The van der Waals surface area contributed by atoms with E-state index in [1.165, 1.54) is 42.3 Å². The van der Waals surface area contributed by atoms with Crippen molar-refractivity contribution in [1.29, 1.82) is 5.26 Å². The zero-order valence-electron chi connectivity index (χ0n) is 23.9. The predicted molar refractivity (Wildman–Crippen MR) is 162 cm³/mol. The molecule has 0 saturated carbocycles. The Hall–Kier alpha value is -4.96. The number of benzene rings is 5. The molecule has 5 rings (SSSR count). The number of hydrogen-bond acceptors (Lipinski definition) is 2. The minimum Gasteiger partial charge on any atom is -0.429 e. The topological polar surface area (TPSA) is 33.0 Å². The van der Waals surface area contributed by atoms with Gasteiger partial charge in [-0.1, -0.05) is 80.4 Å². The van der Waals surface area contributed by atoms with Crippen LogP contribution in [0.2, 0.25) is 0 Å². The molecular formula is C37H28F5NO. The van der Waals surface area contributed by atoms with Gasteiger partial charge in [0.15, 0.2) is 0 Å². The fraction of sp³-hybridized carbons (Fsp3) is 0.162. The first kappa shape index (κ1) is 30.5. The molecule has 0 saturated heterocycles. The van der Waals surface area contributed by atoms with Crippen LogP contribution >= 0.6 is 0 Å².